The Morgan fingerprint density at radius 3 is 2.79 bits per heavy atom. The van der Waals surface area contributed by atoms with Gasteiger partial charge in [-0.25, -0.2) is 0 Å². The first kappa shape index (κ1) is 11.2. The molecule has 2 nitrogen and oxygen atoms in total. The van der Waals surface area contributed by atoms with Gasteiger partial charge >= 0.3 is 0 Å². The largest absolute Gasteiger partial charge is 0.494 e. The molecular weight excluding hydrogens is 244 g/mol. The van der Waals surface area contributed by atoms with Crippen molar-refractivity contribution in [2.45, 2.75) is 20.3 Å². The van der Waals surface area contributed by atoms with Crippen LogP contribution in [0, 0.1) is 0 Å². The molecule has 0 saturated carbocycles. The molecule has 0 aliphatic carbocycles. The van der Waals surface area contributed by atoms with E-state index in [1.807, 2.05) is 25.1 Å². The second-order valence-electron chi connectivity index (χ2n) is 3.07. The number of carbonyl (C=O) groups excluding carboxylic acids is 1. The van der Waals surface area contributed by atoms with E-state index in [1.165, 1.54) is 0 Å². The van der Waals surface area contributed by atoms with E-state index < -0.39 is 0 Å². The molecular formula is C11H13BrO2. The van der Waals surface area contributed by atoms with Gasteiger partial charge in [0.1, 0.15) is 11.5 Å². The summed E-state index contributed by atoms with van der Waals surface area (Å²) in [6.45, 7) is 4.16. The zero-order valence-electron chi connectivity index (χ0n) is 8.34. The van der Waals surface area contributed by atoms with Crippen molar-refractivity contribution >= 4 is 21.7 Å². The van der Waals surface area contributed by atoms with Crippen molar-refractivity contribution in [3.63, 3.8) is 0 Å². The van der Waals surface area contributed by atoms with Crippen molar-refractivity contribution in [1.82, 2.24) is 0 Å². The molecule has 3 heteroatoms. The van der Waals surface area contributed by atoms with Gasteiger partial charge in [-0.2, -0.15) is 0 Å². The summed E-state index contributed by atoms with van der Waals surface area (Å²) in [5.41, 5.74) is 0.975. The van der Waals surface area contributed by atoms with Crippen molar-refractivity contribution in [2.24, 2.45) is 0 Å². The maximum Gasteiger partial charge on any atom is 0.134 e. The molecule has 14 heavy (non-hydrogen) atoms. The number of ketones is 1. The molecule has 0 bridgehead atoms. The zero-order chi connectivity index (χ0) is 10.6. The van der Waals surface area contributed by atoms with Crippen LogP contribution in [0.1, 0.15) is 19.4 Å². The molecule has 0 radical (unpaired) electrons. The Balaban J connectivity index is 2.90. The number of benzene rings is 1. The highest BCUT2D eigenvalue weighted by molar-refractivity contribution is 9.10. The number of ether oxygens (including phenoxy) is 1. The summed E-state index contributed by atoms with van der Waals surface area (Å²) in [4.78, 5) is 11.0. The summed E-state index contributed by atoms with van der Waals surface area (Å²) in [5.74, 6) is 0.964. The van der Waals surface area contributed by atoms with Gasteiger partial charge in [-0.1, -0.05) is 15.9 Å². The lowest BCUT2D eigenvalue weighted by Crippen LogP contribution is -1.99. The molecule has 0 aliphatic rings. The summed E-state index contributed by atoms with van der Waals surface area (Å²) >= 11 is 3.40. The predicted molar refractivity (Wildman–Crippen MR) is 59.7 cm³/mol. The molecule has 0 aliphatic heterocycles. The molecule has 0 atom stereocenters. The van der Waals surface area contributed by atoms with Gasteiger partial charge in [0.05, 0.1) is 6.61 Å². The van der Waals surface area contributed by atoms with Crippen LogP contribution in [-0.4, -0.2) is 12.4 Å². The minimum atomic E-state index is 0.152. The number of hydrogen-bond donors (Lipinski definition) is 0. The SMILES string of the molecule is CCOc1ccc(Br)c(CC(C)=O)c1. The van der Waals surface area contributed by atoms with Crippen molar-refractivity contribution < 1.29 is 9.53 Å². The monoisotopic (exact) mass is 256 g/mol. The second-order valence-corrected chi connectivity index (χ2v) is 3.92. The third kappa shape index (κ3) is 3.14. The topological polar surface area (TPSA) is 26.3 Å². The van der Waals surface area contributed by atoms with Crippen molar-refractivity contribution in [2.75, 3.05) is 6.61 Å². The molecule has 76 valence electrons. The summed E-state index contributed by atoms with van der Waals surface area (Å²) in [6.07, 6.45) is 0.446. The van der Waals surface area contributed by atoms with Gasteiger partial charge in [-0.05, 0) is 37.6 Å². The zero-order valence-corrected chi connectivity index (χ0v) is 9.93. The quantitative estimate of drug-likeness (QED) is 0.828. The Hall–Kier alpha value is -0.830. The molecule has 1 rings (SSSR count). The number of halogens is 1. The number of rotatable bonds is 4. The van der Waals surface area contributed by atoms with Gasteiger partial charge in [-0.15, -0.1) is 0 Å². The van der Waals surface area contributed by atoms with E-state index in [4.69, 9.17) is 4.74 Å². The van der Waals surface area contributed by atoms with Crippen molar-refractivity contribution in [3.8, 4) is 5.75 Å². The van der Waals surface area contributed by atoms with Crippen molar-refractivity contribution in [1.29, 1.82) is 0 Å². The van der Waals surface area contributed by atoms with Crippen LogP contribution in [0.3, 0.4) is 0 Å². The minimum Gasteiger partial charge on any atom is -0.494 e. The molecule has 1 aromatic rings. The maximum absolute atomic E-state index is 11.0. The lowest BCUT2D eigenvalue weighted by molar-refractivity contribution is -0.116. The van der Waals surface area contributed by atoms with E-state index in [2.05, 4.69) is 15.9 Å². The van der Waals surface area contributed by atoms with E-state index in [0.717, 1.165) is 15.8 Å². The Bertz CT molecular complexity index is 334. The van der Waals surface area contributed by atoms with Gasteiger partial charge in [0, 0.05) is 10.9 Å². The molecule has 0 N–H and O–H groups in total. The Morgan fingerprint density at radius 2 is 2.21 bits per heavy atom. The van der Waals surface area contributed by atoms with Crippen LogP contribution < -0.4 is 4.74 Å². The fourth-order valence-corrected chi connectivity index (χ4v) is 1.60. The molecule has 0 aromatic heterocycles. The van der Waals surface area contributed by atoms with Crippen LogP contribution in [0.4, 0.5) is 0 Å². The molecule has 0 fully saturated rings. The van der Waals surface area contributed by atoms with Crippen LogP contribution in [0.15, 0.2) is 22.7 Å². The molecule has 0 saturated heterocycles. The number of hydrogen-bond acceptors (Lipinski definition) is 2. The molecule has 0 spiro atoms. The highest BCUT2D eigenvalue weighted by Gasteiger charge is 2.04. The lowest BCUT2D eigenvalue weighted by atomic mass is 10.1. The van der Waals surface area contributed by atoms with Gasteiger partial charge < -0.3 is 4.74 Å². The fraction of sp³-hybridized carbons (Fsp3) is 0.364. The average Bonchev–Trinajstić information content (AvgIpc) is 2.10. The lowest BCUT2D eigenvalue weighted by Gasteiger charge is -2.06. The van der Waals surface area contributed by atoms with Gasteiger partial charge in [0.2, 0.25) is 0 Å². The van der Waals surface area contributed by atoms with E-state index in [9.17, 15) is 4.79 Å². The Labute approximate surface area is 92.4 Å². The number of Topliss-reactive ketones (excluding diaryl/α,β-unsaturated/α-hetero) is 1. The molecule has 0 unspecified atom stereocenters. The Morgan fingerprint density at radius 1 is 1.50 bits per heavy atom. The first-order valence-electron chi connectivity index (χ1n) is 4.54. The van der Waals surface area contributed by atoms with Crippen LogP contribution in [0.5, 0.6) is 5.75 Å². The Kier molecular flexibility index (Phi) is 4.14. The predicted octanol–water partition coefficient (Wildman–Crippen LogP) is 2.98. The standard InChI is InChI=1S/C11H13BrO2/c1-3-14-10-4-5-11(12)9(7-10)6-8(2)13/h4-5,7H,3,6H2,1-2H3. The summed E-state index contributed by atoms with van der Waals surface area (Å²) in [5, 5.41) is 0. The van der Waals surface area contributed by atoms with Crippen LogP contribution in [-0.2, 0) is 11.2 Å². The maximum atomic E-state index is 11.0. The third-order valence-corrected chi connectivity index (χ3v) is 2.54. The van der Waals surface area contributed by atoms with Gasteiger partial charge in [-0.3, -0.25) is 4.79 Å². The minimum absolute atomic E-state index is 0.152. The van der Waals surface area contributed by atoms with E-state index >= 15 is 0 Å². The van der Waals surface area contributed by atoms with Gasteiger partial charge in [0.25, 0.3) is 0 Å². The summed E-state index contributed by atoms with van der Waals surface area (Å²) in [6, 6.07) is 5.69. The summed E-state index contributed by atoms with van der Waals surface area (Å²) < 4.78 is 6.31. The molecule has 0 amide bonds. The molecule has 0 heterocycles. The second kappa shape index (κ2) is 5.15. The fourth-order valence-electron chi connectivity index (χ4n) is 1.21. The number of carbonyl (C=O) groups is 1. The van der Waals surface area contributed by atoms with Crippen LogP contribution in [0.25, 0.3) is 0 Å². The first-order valence-corrected chi connectivity index (χ1v) is 5.33. The first-order chi connectivity index (χ1) is 6.63. The van der Waals surface area contributed by atoms with E-state index in [1.54, 1.807) is 6.92 Å². The van der Waals surface area contributed by atoms with Gasteiger partial charge in [0.15, 0.2) is 0 Å². The van der Waals surface area contributed by atoms with Crippen LogP contribution >= 0.6 is 15.9 Å². The van der Waals surface area contributed by atoms with Crippen LogP contribution in [0.2, 0.25) is 0 Å². The van der Waals surface area contributed by atoms with Crippen molar-refractivity contribution in [3.05, 3.63) is 28.2 Å². The third-order valence-electron chi connectivity index (χ3n) is 1.77. The summed E-state index contributed by atoms with van der Waals surface area (Å²) in [7, 11) is 0. The highest BCUT2D eigenvalue weighted by Crippen LogP contribution is 2.23. The normalized spacial score (nSPS) is 9.93. The van der Waals surface area contributed by atoms with E-state index in [0.29, 0.717) is 13.0 Å². The molecule has 1 aromatic carbocycles. The average molecular weight is 257 g/mol. The highest BCUT2D eigenvalue weighted by atomic mass is 79.9. The van der Waals surface area contributed by atoms with E-state index in [-0.39, 0.29) is 5.78 Å². The smallest absolute Gasteiger partial charge is 0.134 e.